The second kappa shape index (κ2) is 8.72. The minimum atomic E-state index is -0.313. The van der Waals surface area contributed by atoms with E-state index in [1.807, 2.05) is 53.2 Å². The van der Waals surface area contributed by atoms with Crippen LogP contribution in [0.1, 0.15) is 30.3 Å². The lowest BCUT2D eigenvalue weighted by Gasteiger charge is -2.35. The molecule has 168 valence electrons. The van der Waals surface area contributed by atoms with Crippen molar-refractivity contribution >= 4 is 10.9 Å². The summed E-state index contributed by atoms with van der Waals surface area (Å²) in [6.45, 7) is 0.689. The summed E-state index contributed by atoms with van der Waals surface area (Å²) in [4.78, 5) is 13.3. The number of fused-ring (bicyclic) bond motifs is 1. The first kappa shape index (κ1) is 20.6. The van der Waals surface area contributed by atoms with Crippen molar-refractivity contribution in [2.45, 2.75) is 31.3 Å². The summed E-state index contributed by atoms with van der Waals surface area (Å²) < 4.78 is 16.6. The first-order valence-electron chi connectivity index (χ1n) is 11.3. The van der Waals surface area contributed by atoms with Crippen LogP contribution in [0.2, 0.25) is 0 Å². The van der Waals surface area contributed by atoms with E-state index in [9.17, 15) is 4.39 Å². The van der Waals surface area contributed by atoms with E-state index in [1.54, 1.807) is 24.5 Å². The highest BCUT2D eigenvalue weighted by Crippen LogP contribution is 2.38. The number of nitrogens with zero attached hydrogens (tertiary/aromatic N) is 6. The van der Waals surface area contributed by atoms with Gasteiger partial charge in [0.25, 0.3) is 0 Å². The number of hydrogen-bond donors (Lipinski definition) is 1. The van der Waals surface area contributed by atoms with Crippen molar-refractivity contribution < 1.29 is 4.39 Å². The fourth-order valence-electron chi connectivity index (χ4n) is 4.44. The molecule has 1 saturated carbocycles. The smallest absolute Gasteiger partial charge is 0.187 e. The summed E-state index contributed by atoms with van der Waals surface area (Å²) in [7, 11) is 0. The second-order valence-electron chi connectivity index (χ2n) is 8.50. The molecule has 0 radical (unpaired) electrons. The van der Waals surface area contributed by atoms with E-state index in [0.29, 0.717) is 29.8 Å². The molecule has 1 N–H and O–H groups in total. The summed E-state index contributed by atoms with van der Waals surface area (Å²) in [6.07, 6.45) is 7.07. The van der Waals surface area contributed by atoms with Gasteiger partial charge in [0.2, 0.25) is 0 Å². The third-order valence-electron chi connectivity index (χ3n) is 6.30. The molecule has 1 aliphatic carbocycles. The molecule has 1 fully saturated rings. The molecule has 0 bridgehead atoms. The summed E-state index contributed by atoms with van der Waals surface area (Å²) in [5.41, 5.74) is 3.04. The van der Waals surface area contributed by atoms with Crippen LogP contribution in [0.25, 0.3) is 28.1 Å². The third-order valence-corrected chi connectivity index (χ3v) is 6.30. The normalized spacial score (nSPS) is 17.6. The quantitative estimate of drug-likeness (QED) is 0.411. The number of pyridine rings is 3. The summed E-state index contributed by atoms with van der Waals surface area (Å²) in [5.74, 6) is 1.18. The average molecular weight is 452 g/mol. The van der Waals surface area contributed by atoms with Crippen molar-refractivity contribution in [3.63, 3.8) is 0 Å². The van der Waals surface area contributed by atoms with E-state index in [2.05, 4.69) is 25.5 Å². The number of benzene rings is 1. The van der Waals surface area contributed by atoms with E-state index in [-0.39, 0.29) is 11.7 Å². The van der Waals surface area contributed by atoms with Crippen LogP contribution in [-0.4, -0.2) is 35.8 Å². The molecule has 4 aromatic heterocycles. The van der Waals surface area contributed by atoms with Crippen molar-refractivity contribution in [3.8, 4) is 17.2 Å². The minimum Gasteiger partial charge on any atom is -0.308 e. The fraction of sp³-hybridized carbons (Fsp3) is 0.192. The van der Waals surface area contributed by atoms with E-state index >= 15 is 0 Å². The van der Waals surface area contributed by atoms with Crippen LogP contribution >= 0.6 is 0 Å². The Labute approximate surface area is 195 Å². The molecule has 0 atom stereocenters. The minimum absolute atomic E-state index is 0.178. The highest BCUT2D eigenvalue weighted by atomic mass is 19.1. The van der Waals surface area contributed by atoms with Crippen LogP contribution in [0.4, 0.5) is 4.39 Å². The lowest BCUT2D eigenvalue weighted by Crippen LogP contribution is -2.40. The lowest BCUT2D eigenvalue weighted by atomic mass is 9.79. The highest BCUT2D eigenvalue weighted by molar-refractivity contribution is 5.77. The molecule has 4 heterocycles. The molecule has 0 amide bonds. The van der Waals surface area contributed by atoms with Gasteiger partial charge in [-0.1, -0.05) is 18.2 Å². The van der Waals surface area contributed by atoms with E-state index in [0.717, 1.165) is 35.3 Å². The van der Waals surface area contributed by atoms with Gasteiger partial charge in [-0.25, -0.2) is 4.39 Å². The van der Waals surface area contributed by atoms with Crippen LogP contribution < -0.4 is 5.32 Å². The molecule has 0 aliphatic heterocycles. The molecule has 7 nitrogen and oxygen atoms in total. The molecular formula is C26H22FN7. The SMILES string of the molecule is Fc1ccccc1-n1c(-c2ccccn2)nnc1C1CC(NCc2ccc3cnccc3n2)C1. The van der Waals surface area contributed by atoms with Crippen molar-refractivity contribution in [1.29, 1.82) is 0 Å². The van der Waals surface area contributed by atoms with Crippen LogP contribution in [0.5, 0.6) is 0 Å². The van der Waals surface area contributed by atoms with Crippen LogP contribution in [0.3, 0.4) is 0 Å². The molecule has 1 aliphatic rings. The zero-order valence-electron chi connectivity index (χ0n) is 18.3. The Morgan fingerprint density at radius 1 is 0.941 bits per heavy atom. The van der Waals surface area contributed by atoms with Gasteiger partial charge in [0.05, 0.1) is 16.9 Å². The maximum absolute atomic E-state index is 14.8. The third kappa shape index (κ3) is 3.82. The monoisotopic (exact) mass is 451 g/mol. The summed E-state index contributed by atoms with van der Waals surface area (Å²) in [5, 5.41) is 13.5. The second-order valence-corrected chi connectivity index (χ2v) is 8.50. The molecular weight excluding hydrogens is 429 g/mol. The number of halogens is 1. The van der Waals surface area contributed by atoms with Crippen molar-refractivity contribution in [3.05, 3.63) is 96.6 Å². The first-order valence-corrected chi connectivity index (χ1v) is 11.3. The topological polar surface area (TPSA) is 81.4 Å². The number of hydrogen-bond acceptors (Lipinski definition) is 6. The average Bonchev–Trinajstić information content (AvgIpc) is 3.28. The van der Waals surface area contributed by atoms with E-state index < -0.39 is 0 Å². The van der Waals surface area contributed by atoms with Crippen LogP contribution in [-0.2, 0) is 6.54 Å². The Balaban J connectivity index is 1.21. The molecule has 1 aromatic carbocycles. The Hall–Kier alpha value is -4.04. The number of aromatic nitrogens is 6. The van der Waals surface area contributed by atoms with Gasteiger partial charge in [-0.3, -0.25) is 19.5 Å². The Bertz CT molecular complexity index is 1440. The molecule has 0 saturated heterocycles. The number of rotatable bonds is 6. The standard InChI is InChI=1S/C26H22FN7/c27-21-5-1-2-7-24(21)34-25(32-33-26(34)23-6-3-4-11-29-23)18-13-20(14-18)30-16-19-9-8-17-15-28-12-10-22(17)31-19/h1-12,15,18,20,30H,13-14,16H2. The van der Waals surface area contributed by atoms with Crippen LogP contribution in [0.15, 0.2) is 79.3 Å². The Morgan fingerprint density at radius 3 is 2.68 bits per heavy atom. The lowest BCUT2D eigenvalue weighted by molar-refractivity contribution is 0.277. The molecule has 34 heavy (non-hydrogen) atoms. The van der Waals surface area contributed by atoms with E-state index in [1.165, 1.54) is 6.07 Å². The first-order chi connectivity index (χ1) is 16.8. The molecule has 0 unspecified atom stereocenters. The van der Waals surface area contributed by atoms with Gasteiger partial charge in [-0.15, -0.1) is 10.2 Å². The largest absolute Gasteiger partial charge is 0.308 e. The van der Waals surface area contributed by atoms with Gasteiger partial charge in [-0.2, -0.15) is 0 Å². The van der Waals surface area contributed by atoms with Gasteiger partial charge in [0.1, 0.15) is 17.3 Å². The van der Waals surface area contributed by atoms with Gasteiger partial charge in [-0.05, 0) is 55.3 Å². The maximum Gasteiger partial charge on any atom is 0.187 e. The van der Waals surface area contributed by atoms with Gasteiger partial charge < -0.3 is 5.32 Å². The molecule has 6 rings (SSSR count). The highest BCUT2D eigenvalue weighted by Gasteiger charge is 2.35. The summed E-state index contributed by atoms with van der Waals surface area (Å²) >= 11 is 0. The van der Waals surface area contributed by atoms with Gasteiger partial charge >= 0.3 is 0 Å². The van der Waals surface area contributed by atoms with Gasteiger partial charge in [0, 0.05) is 42.5 Å². The summed E-state index contributed by atoms with van der Waals surface area (Å²) in [6, 6.07) is 18.7. The van der Waals surface area contributed by atoms with Gasteiger partial charge in [0.15, 0.2) is 5.82 Å². The number of para-hydroxylation sites is 1. The predicted octanol–water partition coefficient (Wildman–Crippen LogP) is 4.45. The maximum atomic E-state index is 14.8. The fourth-order valence-corrected chi connectivity index (χ4v) is 4.44. The van der Waals surface area contributed by atoms with E-state index in [4.69, 9.17) is 4.98 Å². The molecule has 0 spiro atoms. The zero-order valence-corrected chi connectivity index (χ0v) is 18.3. The molecule has 5 aromatic rings. The Kier molecular flexibility index (Phi) is 5.27. The van der Waals surface area contributed by atoms with Crippen LogP contribution in [0, 0.1) is 5.82 Å². The zero-order chi connectivity index (χ0) is 22.9. The Morgan fingerprint density at radius 2 is 1.82 bits per heavy atom. The predicted molar refractivity (Wildman–Crippen MR) is 127 cm³/mol. The molecule has 8 heteroatoms. The van der Waals surface area contributed by atoms with Crippen molar-refractivity contribution in [2.24, 2.45) is 0 Å². The number of nitrogens with one attached hydrogen (secondary N) is 1. The van der Waals surface area contributed by atoms with Crippen molar-refractivity contribution in [1.82, 2.24) is 35.0 Å². The van der Waals surface area contributed by atoms with Crippen molar-refractivity contribution in [2.75, 3.05) is 0 Å².